The van der Waals surface area contributed by atoms with Crippen molar-refractivity contribution in [3.8, 4) is 22.1 Å². The lowest BCUT2D eigenvalue weighted by Gasteiger charge is -2.20. The van der Waals surface area contributed by atoms with Crippen LogP contribution in [0.25, 0.3) is 41.5 Å². The standard InChI is InChI=1S/C37H31N3OS2/c1-37(2,3)23-16-17-38-29(18-23)35-28-21-34(42-33(28)20-27-26-12-5-8-15-32(26)43-36(27)35)41-25-11-9-10-24(19-25)40-22-39(4)30-13-6-7-14-31(30)40/h5-21H,22H2,1-4H3/i4D3. The molecule has 7 aromatic rings. The lowest BCUT2D eigenvalue weighted by atomic mass is 9.86. The monoisotopic (exact) mass is 600 g/mol. The fourth-order valence-corrected chi connectivity index (χ4v) is 8.17. The zero-order chi connectivity index (χ0) is 31.8. The van der Waals surface area contributed by atoms with Crippen molar-refractivity contribution in [3.05, 3.63) is 109 Å². The highest BCUT2D eigenvalue weighted by atomic mass is 32.1. The van der Waals surface area contributed by atoms with Crippen molar-refractivity contribution in [2.75, 3.05) is 23.4 Å². The van der Waals surface area contributed by atoms with Gasteiger partial charge in [0.1, 0.15) is 5.75 Å². The predicted octanol–water partition coefficient (Wildman–Crippen LogP) is 11.0. The van der Waals surface area contributed by atoms with Crippen LogP contribution in [0.3, 0.4) is 0 Å². The van der Waals surface area contributed by atoms with Crippen LogP contribution in [0.15, 0.2) is 103 Å². The number of para-hydroxylation sites is 2. The van der Waals surface area contributed by atoms with Crippen molar-refractivity contribution in [2.45, 2.75) is 26.2 Å². The highest BCUT2D eigenvalue weighted by Crippen LogP contribution is 2.48. The number of pyridine rings is 1. The molecule has 4 nitrogen and oxygen atoms in total. The number of fused-ring (bicyclic) bond motifs is 5. The van der Waals surface area contributed by atoms with Gasteiger partial charge in [-0.25, -0.2) is 0 Å². The van der Waals surface area contributed by atoms with E-state index < -0.39 is 6.98 Å². The molecule has 0 atom stereocenters. The molecular formula is C37H31N3OS2. The molecular weight excluding hydrogens is 567 g/mol. The van der Waals surface area contributed by atoms with Gasteiger partial charge >= 0.3 is 0 Å². The Balaban J connectivity index is 1.22. The second-order valence-corrected chi connectivity index (χ2v) is 14.1. The Morgan fingerprint density at radius 1 is 0.791 bits per heavy atom. The number of aromatic nitrogens is 1. The van der Waals surface area contributed by atoms with Crippen LogP contribution in [-0.2, 0) is 5.41 Å². The van der Waals surface area contributed by atoms with Gasteiger partial charge in [-0.2, -0.15) is 0 Å². The molecule has 0 unspecified atom stereocenters. The van der Waals surface area contributed by atoms with Crippen molar-refractivity contribution in [1.82, 2.24) is 4.98 Å². The third-order valence-electron chi connectivity index (χ3n) is 8.12. The summed E-state index contributed by atoms with van der Waals surface area (Å²) in [4.78, 5) is 8.38. The Hall–Kier alpha value is -4.39. The van der Waals surface area contributed by atoms with E-state index in [0.717, 1.165) is 37.8 Å². The zero-order valence-electron chi connectivity index (χ0n) is 27.1. The molecule has 4 aromatic carbocycles. The van der Waals surface area contributed by atoms with E-state index in [1.54, 1.807) is 11.3 Å². The number of benzene rings is 4. The summed E-state index contributed by atoms with van der Waals surface area (Å²) in [5, 5.41) is 4.38. The van der Waals surface area contributed by atoms with E-state index in [2.05, 4.69) is 69.3 Å². The number of ether oxygens (including phenoxy) is 1. The molecule has 8 rings (SSSR count). The summed E-state index contributed by atoms with van der Waals surface area (Å²) in [6.07, 6.45) is 1.92. The van der Waals surface area contributed by atoms with Crippen LogP contribution in [0.1, 0.15) is 30.4 Å². The van der Waals surface area contributed by atoms with Crippen LogP contribution < -0.4 is 14.5 Å². The van der Waals surface area contributed by atoms with E-state index in [4.69, 9.17) is 13.8 Å². The largest absolute Gasteiger partial charge is 0.447 e. The molecule has 43 heavy (non-hydrogen) atoms. The normalized spacial score (nSPS) is 14.7. The summed E-state index contributed by atoms with van der Waals surface area (Å²) in [6, 6.07) is 32.8. The van der Waals surface area contributed by atoms with Crippen LogP contribution in [0.2, 0.25) is 0 Å². The minimum absolute atomic E-state index is 0.00479. The lowest BCUT2D eigenvalue weighted by Crippen LogP contribution is -2.23. The summed E-state index contributed by atoms with van der Waals surface area (Å²) in [5.41, 5.74) is 5.77. The molecule has 0 radical (unpaired) electrons. The topological polar surface area (TPSA) is 28.6 Å². The molecule has 0 spiro atoms. The van der Waals surface area contributed by atoms with Gasteiger partial charge in [0.25, 0.3) is 0 Å². The van der Waals surface area contributed by atoms with Gasteiger partial charge in [-0.15, -0.1) is 11.3 Å². The second kappa shape index (κ2) is 9.83. The highest BCUT2D eigenvalue weighted by Gasteiger charge is 2.25. The van der Waals surface area contributed by atoms with Crippen molar-refractivity contribution in [2.24, 2.45) is 0 Å². The van der Waals surface area contributed by atoms with Crippen LogP contribution >= 0.6 is 22.7 Å². The number of hydrogen-bond acceptors (Lipinski definition) is 6. The number of hydrogen-bond donors (Lipinski definition) is 0. The quantitative estimate of drug-likeness (QED) is 0.201. The highest BCUT2D eigenvalue weighted by molar-refractivity contribution is 7.27. The molecule has 0 bridgehead atoms. The van der Waals surface area contributed by atoms with Crippen molar-refractivity contribution in [1.29, 1.82) is 0 Å². The number of thiophene rings is 2. The van der Waals surface area contributed by atoms with Gasteiger partial charge in [0.15, 0.2) is 5.06 Å². The molecule has 3 aromatic heterocycles. The maximum absolute atomic E-state index is 8.07. The zero-order valence-corrected chi connectivity index (χ0v) is 25.7. The van der Waals surface area contributed by atoms with E-state index >= 15 is 0 Å². The molecule has 0 fully saturated rings. The van der Waals surface area contributed by atoms with Gasteiger partial charge in [-0.05, 0) is 59.5 Å². The van der Waals surface area contributed by atoms with Crippen LogP contribution in [0, 0.1) is 0 Å². The minimum atomic E-state index is -2.24. The maximum Gasteiger partial charge on any atom is 0.182 e. The fraction of sp³-hybridized carbons (Fsp3) is 0.162. The van der Waals surface area contributed by atoms with Crippen molar-refractivity contribution < 1.29 is 8.85 Å². The van der Waals surface area contributed by atoms with E-state index in [9.17, 15) is 0 Å². The van der Waals surface area contributed by atoms with Crippen LogP contribution in [0.4, 0.5) is 17.1 Å². The second-order valence-electron chi connectivity index (χ2n) is 12.0. The van der Waals surface area contributed by atoms with E-state index in [0.29, 0.717) is 11.4 Å². The predicted molar refractivity (Wildman–Crippen MR) is 185 cm³/mol. The van der Waals surface area contributed by atoms with Gasteiger partial charge < -0.3 is 14.5 Å². The fourth-order valence-electron chi connectivity index (χ4n) is 5.94. The minimum Gasteiger partial charge on any atom is -0.447 e. The first kappa shape index (κ1) is 23.1. The van der Waals surface area contributed by atoms with Gasteiger partial charge in [0.2, 0.25) is 0 Å². The van der Waals surface area contributed by atoms with Gasteiger partial charge in [0, 0.05) is 70.9 Å². The third-order valence-corrected chi connectivity index (χ3v) is 10.3. The van der Waals surface area contributed by atoms with Gasteiger partial charge in [-0.1, -0.05) is 68.5 Å². The third kappa shape index (κ3) is 4.44. The number of rotatable bonds is 4. The van der Waals surface area contributed by atoms with Gasteiger partial charge in [-0.3, -0.25) is 4.98 Å². The van der Waals surface area contributed by atoms with Crippen molar-refractivity contribution >= 4 is 70.0 Å². The van der Waals surface area contributed by atoms with Crippen molar-refractivity contribution in [3.63, 3.8) is 0 Å². The SMILES string of the molecule is [2H]C([2H])([2H])N1CN(c2cccc(Oc3cc4c(-c5cc(C(C)(C)C)ccn5)c5sc6ccccc6c5cc4s3)c2)c2ccccc21. The average Bonchev–Trinajstić information content (AvgIpc) is 3.72. The number of anilines is 3. The van der Waals surface area contributed by atoms with E-state index in [1.165, 1.54) is 30.6 Å². The summed E-state index contributed by atoms with van der Waals surface area (Å²) in [6.45, 7) is 4.68. The first-order valence-corrected chi connectivity index (χ1v) is 15.9. The van der Waals surface area contributed by atoms with E-state index in [-0.39, 0.29) is 12.1 Å². The Kier molecular flexibility index (Phi) is 5.28. The molecule has 0 N–H and O–H groups in total. The molecule has 0 aliphatic carbocycles. The molecule has 0 saturated carbocycles. The first-order chi connectivity index (χ1) is 22.0. The Morgan fingerprint density at radius 2 is 1.63 bits per heavy atom. The molecule has 212 valence electrons. The molecule has 1 aliphatic heterocycles. The molecule has 0 amide bonds. The average molecular weight is 601 g/mol. The smallest absolute Gasteiger partial charge is 0.182 e. The lowest BCUT2D eigenvalue weighted by molar-refractivity contribution is 0.497. The Morgan fingerprint density at radius 3 is 2.49 bits per heavy atom. The molecule has 0 saturated heterocycles. The van der Waals surface area contributed by atoms with E-state index in [1.807, 2.05) is 71.0 Å². The molecule has 6 heteroatoms. The molecule has 4 heterocycles. The van der Waals surface area contributed by atoms with Gasteiger partial charge in [0.05, 0.1) is 23.7 Å². The van der Waals surface area contributed by atoms with Crippen LogP contribution in [0.5, 0.6) is 10.8 Å². The Bertz CT molecular complexity index is 2280. The first-order valence-electron chi connectivity index (χ1n) is 15.8. The van der Waals surface area contributed by atoms with Crippen LogP contribution in [-0.4, -0.2) is 18.6 Å². The molecule has 1 aliphatic rings. The Labute approximate surface area is 263 Å². The summed E-state index contributed by atoms with van der Waals surface area (Å²) in [5.74, 6) is 0.690. The summed E-state index contributed by atoms with van der Waals surface area (Å²) >= 11 is 3.44. The maximum atomic E-state index is 8.07. The number of nitrogens with zero attached hydrogens (tertiary/aromatic N) is 3. The summed E-state index contributed by atoms with van der Waals surface area (Å²) < 4.78 is 34.4. The summed E-state index contributed by atoms with van der Waals surface area (Å²) in [7, 11) is 0.